The molecule has 2 aromatic carbocycles. The first kappa shape index (κ1) is 19.9. The predicted molar refractivity (Wildman–Crippen MR) is 108 cm³/mol. The fourth-order valence-electron chi connectivity index (χ4n) is 3.01. The summed E-state index contributed by atoms with van der Waals surface area (Å²) in [6.45, 7) is 1.59. The van der Waals surface area contributed by atoms with Gasteiger partial charge < -0.3 is 25.4 Å². The smallest absolute Gasteiger partial charge is 0.257 e. The Balaban J connectivity index is 1.56. The normalized spacial score (nSPS) is 15.8. The Bertz CT molecular complexity index is 802. The van der Waals surface area contributed by atoms with Gasteiger partial charge in [0.2, 0.25) is 5.91 Å². The molecule has 0 radical (unpaired) electrons. The number of carbonyl (C=O) groups excluding carboxylic acids is 2. The number of hydrogen-bond donors (Lipinski definition) is 3. The van der Waals surface area contributed by atoms with E-state index in [-0.39, 0.29) is 24.5 Å². The number of methoxy groups -OCH3 is 1. The number of amides is 2. The molecular weight excluding hydrogens is 358 g/mol. The number of anilines is 2. The van der Waals surface area contributed by atoms with Crippen LogP contribution in [-0.4, -0.2) is 44.7 Å². The molecule has 1 saturated heterocycles. The van der Waals surface area contributed by atoms with E-state index in [1.54, 1.807) is 55.6 Å². The van der Waals surface area contributed by atoms with Crippen LogP contribution in [0.15, 0.2) is 48.5 Å². The molecule has 1 fully saturated rings. The van der Waals surface area contributed by atoms with Gasteiger partial charge in [-0.3, -0.25) is 9.59 Å². The van der Waals surface area contributed by atoms with Crippen LogP contribution in [0.25, 0.3) is 0 Å². The number of rotatable bonds is 8. The van der Waals surface area contributed by atoms with E-state index in [4.69, 9.17) is 9.47 Å². The SMILES string of the molecule is COc1ccc(NC(=O)c2ccccc2NC(=O)CNCC2CCCO2)cc1. The molecule has 0 saturated carbocycles. The summed E-state index contributed by atoms with van der Waals surface area (Å²) in [4.78, 5) is 24.9. The van der Waals surface area contributed by atoms with E-state index in [0.717, 1.165) is 19.4 Å². The third kappa shape index (κ3) is 5.55. The summed E-state index contributed by atoms with van der Waals surface area (Å²) in [5, 5.41) is 8.72. The number of hydrogen-bond acceptors (Lipinski definition) is 5. The number of benzene rings is 2. The van der Waals surface area contributed by atoms with Crippen molar-refractivity contribution in [3.8, 4) is 5.75 Å². The highest BCUT2D eigenvalue weighted by Gasteiger charge is 2.16. The maximum atomic E-state index is 12.6. The van der Waals surface area contributed by atoms with Crippen molar-refractivity contribution in [3.05, 3.63) is 54.1 Å². The van der Waals surface area contributed by atoms with Crippen molar-refractivity contribution in [1.29, 1.82) is 0 Å². The standard InChI is InChI=1S/C21H25N3O4/c1-27-16-10-8-15(9-11-16)23-21(26)18-6-2-3-7-19(18)24-20(25)14-22-13-17-5-4-12-28-17/h2-3,6-11,17,22H,4-5,12-14H2,1H3,(H,23,26)(H,24,25). The summed E-state index contributed by atoms with van der Waals surface area (Å²) in [5.41, 5.74) is 1.51. The number of ether oxygens (including phenoxy) is 2. The summed E-state index contributed by atoms with van der Waals surface area (Å²) >= 11 is 0. The summed E-state index contributed by atoms with van der Waals surface area (Å²) < 4.78 is 10.6. The highest BCUT2D eigenvalue weighted by molar-refractivity contribution is 6.10. The average molecular weight is 383 g/mol. The molecule has 0 aromatic heterocycles. The fraction of sp³-hybridized carbons (Fsp3) is 0.333. The molecular formula is C21H25N3O4. The van der Waals surface area contributed by atoms with Crippen LogP contribution in [0.4, 0.5) is 11.4 Å². The lowest BCUT2D eigenvalue weighted by Crippen LogP contribution is -2.34. The molecule has 1 aliphatic heterocycles. The molecule has 0 aliphatic carbocycles. The lowest BCUT2D eigenvalue weighted by Gasteiger charge is -2.13. The maximum Gasteiger partial charge on any atom is 0.257 e. The number of para-hydroxylation sites is 1. The summed E-state index contributed by atoms with van der Waals surface area (Å²) in [6, 6.07) is 14.0. The van der Waals surface area contributed by atoms with E-state index in [9.17, 15) is 9.59 Å². The topological polar surface area (TPSA) is 88.7 Å². The Morgan fingerprint density at radius 2 is 1.89 bits per heavy atom. The van der Waals surface area contributed by atoms with Gasteiger partial charge in [-0.2, -0.15) is 0 Å². The van der Waals surface area contributed by atoms with E-state index in [1.165, 1.54) is 0 Å². The van der Waals surface area contributed by atoms with Crippen LogP contribution in [-0.2, 0) is 9.53 Å². The summed E-state index contributed by atoms with van der Waals surface area (Å²) in [5.74, 6) is 0.206. The van der Waals surface area contributed by atoms with Crippen LogP contribution in [0.1, 0.15) is 23.2 Å². The zero-order valence-corrected chi connectivity index (χ0v) is 15.9. The van der Waals surface area contributed by atoms with Gasteiger partial charge >= 0.3 is 0 Å². The van der Waals surface area contributed by atoms with Crippen molar-refractivity contribution in [2.24, 2.45) is 0 Å². The second-order valence-corrected chi connectivity index (χ2v) is 6.54. The molecule has 1 heterocycles. The van der Waals surface area contributed by atoms with Crippen LogP contribution in [0.5, 0.6) is 5.75 Å². The molecule has 1 atom stereocenters. The number of carbonyl (C=O) groups is 2. The molecule has 0 bridgehead atoms. The van der Waals surface area contributed by atoms with Gasteiger partial charge in [0.1, 0.15) is 5.75 Å². The highest BCUT2D eigenvalue weighted by atomic mass is 16.5. The molecule has 3 N–H and O–H groups in total. The molecule has 148 valence electrons. The predicted octanol–water partition coefficient (Wildman–Crippen LogP) is 2.65. The van der Waals surface area contributed by atoms with Gasteiger partial charge in [0.25, 0.3) is 5.91 Å². The van der Waals surface area contributed by atoms with E-state index in [0.29, 0.717) is 29.2 Å². The highest BCUT2D eigenvalue weighted by Crippen LogP contribution is 2.19. The van der Waals surface area contributed by atoms with Crippen LogP contribution >= 0.6 is 0 Å². The van der Waals surface area contributed by atoms with Gasteiger partial charge in [0, 0.05) is 18.8 Å². The molecule has 7 heteroatoms. The quantitative estimate of drug-likeness (QED) is 0.652. The fourth-order valence-corrected chi connectivity index (χ4v) is 3.01. The van der Waals surface area contributed by atoms with E-state index >= 15 is 0 Å². The lowest BCUT2D eigenvalue weighted by atomic mass is 10.1. The molecule has 1 unspecified atom stereocenters. The van der Waals surface area contributed by atoms with Crippen molar-refractivity contribution in [3.63, 3.8) is 0 Å². The Morgan fingerprint density at radius 3 is 2.61 bits per heavy atom. The minimum absolute atomic E-state index is 0.161. The van der Waals surface area contributed by atoms with Gasteiger partial charge in [-0.05, 0) is 49.2 Å². The first-order valence-electron chi connectivity index (χ1n) is 9.32. The first-order chi connectivity index (χ1) is 13.7. The molecule has 2 amide bonds. The molecule has 28 heavy (non-hydrogen) atoms. The Kier molecular flexibility index (Phi) is 7.00. The second-order valence-electron chi connectivity index (χ2n) is 6.54. The largest absolute Gasteiger partial charge is 0.497 e. The van der Waals surface area contributed by atoms with Gasteiger partial charge in [-0.1, -0.05) is 12.1 Å². The van der Waals surface area contributed by atoms with Gasteiger partial charge in [0.15, 0.2) is 0 Å². The third-order valence-corrected chi connectivity index (χ3v) is 4.48. The van der Waals surface area contributed by atoms with Crippen molar-refractivity contribution < 1.29 is 19.1 Å². The zero-order chi connectivity index (χ0) is 19.8. The van der Waals surface area contributed by atoms with Crippen molar-refractivity contribution >= 4 is 23.2 Å². The molecule has 0 spiro atoms. The molecule has 7 nitrogen and oxygen atoms in total. The Morgan fingerprint density at radius 1 is 1.11 bits per heavy atom. The molecule has 1 aliphatic rings. The van der Waals surface area contributed by atoms with Crippen molar-refractivity contribution in [2.75, 3.05) is 37.4 Å². The molecule has 3 rings (SSSR count). The minimum atomic E-state index is -0.298. The first-order valence-corrected chi connectivity index (χ1v) is 9.32. The van der Waals surface area contributed by atoms with Crippen LogP contribution in [0, 0.1) is 0 Å². The lowest BCUT2D eigenvalue weighted by molar-refractivity contribution is -0.115. The Labute approximate surface area is 164 Å². The Hall–Kier alpha value is -2.90. The summed E-state index contributed by atoms with van der Waals surface area (Å²) in [7, 11) is 1.59. The summed E-state index contributed by atoms with van der Waals surface area (Å²) in [6.07, 6.45) is 2.26. The van der Waals surface area contributed by atoms with Gasteiger partial charge in [-0.15, -0.1) is 0 Å². The van der Waals surface area contributed by atoms with Crippen molar-refractivity contribution in [2.45, 2.75) is 18.9 Å². The van der Waals surface area contributed by atoms with E-state index in [1.807, 2.05) is 0 Å². The maximum absolute atomic E-state index is 12.6. The average Bonchev–Trinajstić information content (AvgIpc) is 3.22. The van der Waals surface area contributed by atoms with Crippen LogP contribution in [0.3, 0.4) is 0 Å². The zero-order valence-electron chi connectivity index (χ0n) is 15.9. The van der Waals surface area contributed by atoms with Crippen LogP contribution < -0.4 is 20.7 Å². The van der Waals surface area contributed by atoms with Crippen molar-refractivity contribution in [1.82, 2.24) is 5.32 Å². The van der Waals surface area contributed by atoms with Gasteiger partial charge in [-0.25, -0.2) is 0 Å². The van der Waals surface area contributed by atoms with E-state index in [2.05, 4.69) is 16.0 Å². The van der Waals surface area contributed by atoms with E-state index < -0.39 is 0 Å². The third-order valence-electron chi connectivity index (χ3n) is 4.48. The van der Waals surface area contributed by atoms with Gasteiger partial charge in [0.05, 0.1) is 31.0 Å². The molecule has 2 aromatic rings. The number of nitrogens with one attached hydrogen (secondary N) is 3. The monoisotopic (exact) mass is 383 g/mol. The minimum Gasteiger partial charge on any atom is -0.497 e. The second kappa shape index (κ2) is 9.87. The van der Waals surface area contributed by atoms with Crippen LogP contribution in [0.2, 0.25) is 0 Å².